The van der Waals surface area contributed by atoms with E-state index in [9.17, 15) is 0 Å². The van der Waals surface area contributed by atoms with Gasteiger partial charge in [-0.3, -0.25) is 0 Å². The second-order valence-electron chi connectivity index (χ2n) is 5.08. The maximum atomic E-state index is 6.28. The van der Waals surface area contributed by atoms with Crippen LogP contribution < -0.4 is 0 Å². The van der Waals surface area contributed by atoms with Crippen molar-refractivity contribution >= 4 is 34.2 Å². The molecular formula is C15H20Cl2N2. The Hall–Kier alpha value is -0.730. The fraction of sp³-hybridized carbons (Fsp3) is 0.533. The van der Waals surface area contributed by atoms with Crippen LogP contribution in [-0.4, -0.2) is 9.55 Å². The zero-order valence-corrected chi connectivity index (χ0v) is 13.2. The van der Waals surface area contributed by atoms with Crippen LogP contribution in [0.25, 0.3) is 11.0 Å². The summed E-state index contributed by atoms with van der Waals surface area (Å²) in [6, 6.07) is 6.26. The number of unbranched alkanes of at least 4 members (excludes halogenated alkanes) is 1. The highest BCUT2D eigenvalue weighted by atomic mass is 35.5. The predicted molar refractivity (Wildman–Crippen MR) is 83.2 cm³/mol. The van der Waals surface area contributed by atoms with E-state index in [4.69, 9.17) is 23.2 Å². The molecule has 2 nitrogen and oxygen atoms in total. The minimum atomic E-state index is -0.102. The van der Waals surface area contributed by atoms with Crippen molar-refractivity contribution < 1.29 is 0 Å². The second-order valence-corrected chi connectivity index (χ2v) is 6.17. The molecule has 0 saturated carbocycles. The standard InChI is InChI=1S/C15H20Cl2N2/c1-4-5-6-10(2)19-14-8-7-12(17)9-13(14)18-15(19)11(3)16/h7-11H,4-6H2,1-3H3. The normalized spacial score (nSPS) is 14.8. The van der Waals surface area contributed by atoms with E-state index in [0.717, 1.165) is 23.3 Å². The first-order valence-corrected chi connectivity index (χ1v) is 7.67. The fourth-order valence-corrected chi connectivity index (χ4v) is 2.78. The van der Waals surface area contributed by atoms with Crippen molar-refractivity contribution in [1.29, 1.82) is 0 Å². The van der Waals surface area contributed by atoms with Gasteiger partial charge in [-0.05, 0) is 38.5 Å². The van der Waals surface area contributed by atoms with Gasteiger partial charge in [0.15, 0.2) is 0 Å². The van der Waals surface area contributed by atoms with E-state index >= 15 is 0 Å². The maximum absolute atomic E-state index is 6.28. The molecule has 0 radical (unpaired) electrons. The average molecular weight is 299 g/mol. The Kier molecular flexibility index (Phi) is 4.75. The number of hydrogen-bond acceptors (Lipinski definition) is 1. The molecule has 2 unspecified atom stereocenters. The highest BCUT2D eigenvalue weighted by Crippen LogP contribution is 2.31. The number of imidazole rings is 1. The van der Waals surface area contributed by atoms with Crippen LogP contribution in [0, 0.1) is 0 Å². The molecule has 104 valence electrons. The molecule has 0 aliphatic carbocycles. The van der Waals surface area contributed by atoms with E-state index in [0.29, 0.717) is 11.1 Å². The summed E-state index contributed by atoms with van der Waals surface area (Å²) in [6.45, 7) is 6.41. The lowest BCUT2D eigenvalue weighted by molar-refractivity contribution is 0.480. The summed E-state index contributed by atoms with van der Waals surface area (Å²) in [7, 11) is 0. The van der Waals surface area contributed by atoms with Gasteiger partial charge in [-0.2, -0.15) is 0 Å². The minimum absolute atomic E-state index is 0.102. The zero-order chi connectivity index (χ0) is 14.0. The molecule has 0 bridgehead atoms. The second kappa shape index (κ2) is 6.15. The van der Waals surface area contributed by atoms with Crippen molar-refractivity contribution in [2.24, 2.45) is 0 Å². The Morgan fingerprint density at radius 2 is 2.05 bits per heavy atom. The van der Waals surface area contributed by atoms with Gasteiger partial charge in [0.2, 0.25) is 0 Å². The van der Waals surface area contributed by atoms with E-state index in [1.807, 2.05) is 25.1 Å². The molecule has 1 aromatic carbocycles. The van der Waals surface area contributed by atoms with Crippen molar-refractivity contribution in [3.8, 4) is 0 Å². The lowest BCUT2D eigenvalue weighted by atomic mass is 10.1. The van der Waals surface area contributed by atoms with Gasteiger partial charge in [0.05, 0.1) is 16.4 Å². The summed E-state index contributed by atoms with van der Waals surface area (Å²) in [6.07, 6.45) is 3.56. The van der Waals surface area contributed by atoms with Gasteiger partial charge in [0.1, 0.15) is 5.82 Å². The molecular weight excluding hydrogens is 279 g/mol. The number of hydrogen-bond donors (Lipinski definition) is 0. The highest BCUT2D eigenvalue weighted by molar-refractivity contribution is 6.31. The Morgan fingerprint density at radius 1 is 1.32 bits per heavy atom. The number of rotatable bonds is 5. The third kappa shape index (κ3) is 3.06. The summed E-state index contributed by atoms with van der Waals surface area (Å²) in [4.78, 5) is 4.65. The molecule has 0 aliphatic rings. The summed E-state index contributed by atoms with van der Waals surface area (Å²) >= 11 is 12.3. The van der Waals surface area contributed by atoms with Crippen LogP contribution in [0.4, 0.5) is 0 Å². The predicted octanol–water partition coefficient (Wildman–Crippen LogP) is 5.74. The van der Waals surface area contributed by atoms with E-state index < -0.39 is 0 Å². The average Bonchev–Trinajstić information content (AvgIpc) is 2.74. The molecule has 0 fully saturated rings. The van der Waals surface area contributed by atoms with Crippen molar-refractivity contribution in [3.05, 3.63) is 29.0 Å². The smallest absolute Gasteiger partial charge is 0.127 e. The van der Waals surface area contributed by atoms with Gasteiger partial charge in [-0.15, -0.1) is 11.6 Å². The number of benzene rings is 1. The van der Waals surface area contributed by atoms with E-state index in [2.05, 4.69) is 23.4 Å². The maximum Gasteiger partial charge on any atom is 0.127 e. The molecule has 1 heterocycles. The van der Waals surface area contributed by atoms with Crippen LogP contribution in [0.2, 0.25) is 5.02 Å². The lowest BCUT2D eigenvalue weighted by Gasteiger charge is -2.18. The summed E-state index contributed by atoms with van der Waals surface area (Å²) < 4.78 is 2.26. The Balaban J connectivity index is 2.51. The number of nitrogens with zero attached hydrogens (tertiary/aromatic N) is 2. The Morgan fingerprint density at radius 3 is 2.68 bits per heavy atom. The monoisotopic (exact) mass is 298 g/mol. The van der Waals surface area contributed by atoms with Gasteiger partial charge in [-0.25, -0.2) is 4.98 Å². The molecule has 0 amide bonds. The highest BCUT2D eigenvalue weighted by Gasteiger charge is 2.18. The van der Waals surface area contributed by atoms with E-state index in [-0.39, 0.29) is 5.38 Å². The van der Waals surface area contributed by atoms with E-state index in [1.165, 1.54) is 12.8 Å². The zero-order valence-electron chi connectivity index (χ0n) is 11.7. The first kappa shape index (κ1) is 14.7. The topological polar surface area (TPSA) is 17.8 Å². The van der Waals surface area contributed by atoms with Crippen LogP contribution >= 0.6 is 23.2 Å². The van der Waals surface area contributed by atoms with Gasteiger partial charge in [-0.1, -0.05) is 31.4 Å². The van der Waals surface area contributed by atoms with Crippen LogP contribution in [0.15, 0.2) is 18.2 Å². The number of halogens is 2. The number of alkyl halides is 1. The van der Waals surface area contributed by atoms with Gasteiger partial charge < -0.3 is 4.57 Å². The lowest BCUT2D eigenvalue weighted by Crippen LogP contribution is -2.10. The van der Waals surface area contributed by atoms with Gasteiger partial charge in [0.25, 0.3) is 0 Å². The molecule has 2 rings (SSSR count). The summed E-state index contributed by atoms with van der Waals surface area (Å²) in [5.74, 6) is 0.933. The van der Waals surface area contributed by atoms with Crippen LogP contribution in [0.3, 0.4) is 0 Å². The molecule has 0 saturated heterocycles. The quantitative estimate of drug-likeness (QED) is 0.644. The minimum Gasteiger partial charge on any atom is -0.324 e. The molecule has 4 heteroatoms. The molecule has 2 aromatic rings. The van der Waals surface area contributed by atoms with Crippen LogP contribution in [0.1, 0.15) is 57.3 Å². The van der Waals surface area contributed by atoms with Crippen molar-refractivity contribution in [2.45, 2.75) is 51.5 Å². The Labute approximate surface area is 124 Å². The van der Waals surface area contributed by atoms with Crippen molar-refractivity contribution in [1.82, 2.24) is 9.55 Å². The molecule has 0 N–H and O–H groups in total. The van der Waals surface area contributed by atoms with E-state index in [1.54, 1.807) is 0 Å². The van der Waals surface area contributed by atoms with Gasteiger partial charge in [0, 0.05) is 11.1 Å². The molecule has 0 aliphatic heterocycles. The molecule has 1 aromatic heterocycles. The number of fused-ring (bicyclic) bond motifs is 1. The first-order valence-electron chi connectivity index (χ1n) is 6.86. The fourth-order valence-electron chi connectivity index (χ4n) is 2.46. The molecule has 0 spiro atoms. The summed E-state index contributed by atoms with van der Waals surface area (Å²) in [5, 5.41) is 0.613. The largest absolute Gasteiger partial charge is 0.324 e. The number of aromatic nitrogens is 2. The SMILES string of the molecule is CCCCC(C)n1c(C(C)Cl)nc2cc(Cl)ccc21. The van der Waals surface area contributed by atoms with Crippen molar-refractivity contribution in [2.75, 3.05) is 0 Å². The third-order valence-corrected chi connectivity index (χ3v) is 3.88. The molecule has 2 atom stereocenters. The first-order chi connectivity index (χ1) is 9.04. The van der Waals surface area contributed by atoms with Crippen LogP contribution in [0.5, 0.6) is 0 Å². The summed E-state index contributed by atoms with van der Waals surface area (Å²) in [5.41, 5.74) is 2.05. The molecule has 19 heavy (non-hydrogen) atoms. The third-order valence-electron chi connectivity index (χ3n) is 3.45. The van der Waals surface area contributed by atoms with Crippen LogP contribution in [-0.2, 0) is 0 Å². The van der Waals surface area contributed by atoms with Gasteiger partial charge >= 0.3 is 0 Å². The van der Waals surface area contributed by atoms with Crippen molar-refractivity contribution in [3.63, 3.8) is 0 Å². The Bertz CT molecular complexity index is 561.